The molecule has 0 radical (unpaired) electrons. The highest BCUT2D eigenvalue weighted by Crippen LogP contribution is 2.22. The van der Waals surface area contributed by atoms with Gasteiger partial charge in [0.2, 0.25) is 0 Å². The third kappa shape index (κ3) is 4.58. The molecule has 1 amide bonds. The number of carboxylic acid groups (broad SMARTS) is 1. The van der Waals surface area contributed by atoms with Crippen LogP contribution in [0.1, 0.15) is 20.7 Å². The van der Waals surface area contributed by atoms with E-state index in [4.69, 9.17) is 0 Å². The molecule has 0 unspecified atom stereocenters. The average molecular weight is 413 g/mol. The molecule has 3 rings (SSSR count). The van der Waals surface area contributed by atoms with Gasteiger partial charge < -0.3 is 15.2 Å². The van der Waals surface area contributed by atoms with Gasteiger partial charge in [0.05, 0.1) is 22.1 Å². The lowest BCUT2D eigenvalue weighted by Crippen LogP contribution is -2.24. The Morgan fingerprint density at radius 1 is 0.862 bits per heavy atom. The minimum atomic E-state index is -4.30. The third-order valence-corrected chi connectivity index (χ3v) is 5.28. The van der Waals surface area contributed by atoms with Crippen LogP contribution in [0.2, 0.25) is 0 Å². The van der Waals surface area contributed by atoms with Crippen molar-refractivity contribution >= 4 is 33.3 Å². The number of hydrogen-bond donors (Lipinski definition) is 2. The maximum Gasteiger partial charge on any atom is 0.261 e. The van der Waals surface area contributed by atoms with Gasteiger partial charge in [0.1, 0.15) is 5.82 Å². The van der Waals surface area contributed by atoms with Crippen LogP contribution in [-0.2, 0) is 10.0 Å². The van der Waals surface area contributed by atoms with Gasteiger partial charge in [0.15, 0.2) is 0 Å². The number of nitrogens with one attached hydrogen (secondary N) is 2. The van der Waals surface area contributed by atoms with E-state index in [2.05, 4.69) is 10.0 Å². The molecule has 0 aliphatic rings. The maximum atomic E-state index is 13.5. The second-order valence-electron chi connectivity index (χ2n) is 5.90. The van der Waals surface area contributed by atoms with Gasteiger partial charge in [-0.1, -0.05) is 30.3 Å². The largest absolute Gasteiger partial charge is 0.545 e. The predicted octanol–water partition coefficient (Wildman–Crippen LogP) is 2.24. The molecule has 7 nitrogen and oxygen atoms in total. The Bertz CT molecular complexity index is 1180. The van der Waals surface area contributed by atoms with E-state index in [0.717, 1.165) is 6.07 Å². The summed E-state index contributed by atoms with van der Waals surface area (Å²) in [5.74, 6) is -3.52. The Morgan fingerprint density at radius 2 is 1.52 bits per heavy atom. The summed E-state index contributed by atoms with van der Waals surface area (Å²) in [5.41, 5.74) is -0.349. The lowest BCUT2D eigenvalue weighted by molar-refractivity contribution is -0.255. The van der Waals surface area contributed by atoms with E-state index in [9.17, 15) is 27.5 Å². The molecule has 0 bridgehead atoms. The number of rotatable bonds is 6. The van der Waals surface area contributed by atoms with E-state index in [0.29, 0.717) is 17.8 Å². The first kappa shape index (κ1) is 20.0. The zero-order valence-electron chi connectivity index (χ0n) is 14.8. The molecule has 3 aromatic rings. The number of anilines is 2. The standard InChI is InChI=1S/C20H15FN2O5S/c21-17-11-10-14(12-16(17)20(25)26)29(27,28)23-18-9-5-4-8-15(18)19(24)22-13-6-2-1-3-7-13/h1-12,23H,(H,22,24)(H,25,26)/p-1. The normalized spacial score (nSPS) is 10.9. The van der Waals surface area contributed by atoms with Gasteiger partial charge in [0.25, 0.3) is 15.9 Å². The fraction of sp³-hybridized carbons (Fsp3) is 0. The Labute approximate surface area is 165 Å². The second-order valence-corrected chi connectivity index (χ2v) is 7.58. The number of carboxylic acids is 1. The van der Waals surface area contributed by atoms with Crippen molar-refractivity contribution in [1.82, 2.24) is 0 Å². The highest BCUT2D eigenvalue weighted by atomic mass is 32.2. The molecule has 0 fully saturated rings. The fourth-order valence-electron chi connectivity index (χ4n) is 2.52. The summed E-state index contributed by atoms with van der Waals surface area (Å²) in [6, 6.07) is 16.7. The van der Waals surface area contributed by atoms with Crippen molar-refractivity contribution in [2.24, 2.45) is 0 Å². The van der Waals surface area contributed by atoms with Gasteiger partial charge >= 0.3 is 0 Å². The van der Waals surface area contributed by atoms with Crippen molar-refractivity contribution in [3.05, 3.63) is 89.7 Å². The first-order valence-corrected chi connectivity index (χ1v) is 9.75. The van der Waals surface area contributed by atoms with Gasteiger partial charge in [0, 0.05) is 11.3 Å². The predicted molar refractivity (Wildman–Crippen MR) is 102 cm³/mol. The van der Waals surface area contributed by atoms with E-state index >= 15 is 0 Å². The van der Waals surface area contributed by atoms with Crippen molar-refractivity contribution in [2.75, 3.05) is 10.0 Å². The molecule has 148 valence electrons. The minimum Gasteiger partial charge on any atom is -0.545 e. The summed E-state index contributed by atoms with van der Waals surface area (Å²) in [7, 11) is -4.30. The van der Waals surface area contributed by atoms with E-state index < -0.39 is 38.2 Å². The van der Waals surface area contributed by atoms with Crippen LogP contribution < -0.4 is 15.1 Å². The number of sulfonamides is 1. The Kier molecular flexibility index (Phi) is 5.60. The molecule has 3 aromatic carbocycles. The van der Waals surface area contributed by atoms with Gasteiger partial charge in [-0.15, -0.1) is 0 Å². The van der Waals surface area contributed by atoms with Crippen LogP contribution in [0.3, 0.4) is 0 Å². The van der Waals surface area contributed by atoms with Crippen LogP contribution >= 0.6 is 0 Å². The Hall–Kier alpha value is -3.72. The van der Waals surface area contributed by atoms with Crippen molar-refractivity contribution in [3.8, 4) is 0 Å². The molecule has 0 aliphatic carbocycles. The van der Waals surface area contributed by atoms with Crippen LogP contribution in [0.5, 0.6) is 0 Å². The zero-order chi connectivity index (χ0) is 21.0. The Balaban J connectivity index is 1.91. The van der Waals surface area contributed by atoms with Gasteiger partial charge in [-0.05, 0) is 42.5 Å². The van der Waals surface area contributed by atoms with Crippen molar-refractivity contribution in [1.29, 1.82) is 0 Å². The molecule has 0 aliphatic heterocycles. The molecule has 0 atom stereocenters. The molecule has 0 spiro atoms. The number of aromatic carboxylic acids is 1. The first-order chi connectivity index (χ1) is 13.8. The van der Waals surface area contributed by atoms with Crippen molar-refractivity contribution in [2.45, 2.75) is 4.90 Å². The number of carbonyl (C=O) groups excluding carboxylic acids is 2. The van der Waals surface area contributed by atoms with Gasteiger partial charge in [-0.3, -0.25) is 9.52 Å². The highest BCUT2D eigenvalue weighted by molar-refractivity contribution is 7.92. The van der Waals surface area contributed by atoms with Gasteiger partial charge in [-0.25, -0.2) is 12.8 Å². The monoisotopic (exact) mass is 413 g/mol. The van der Waals surface area contributed by atoms with Crippen molar-refractivity contribution < 1.29 is 27.5 Å². The molecule has 0 aromatic heterocycles. The molecule has 0 saturated carbocycles. The minimum absolute atomic E-state index is 0.0275. The number of carbonyl (C=O) groups is 2. The lowest BCUT2D eigenvalue weighted by Gasteiger charge is -2.14. The molecule has 0 heterocycles. The molecular formula is C20H14FN2O5S-. The topological polar surface area (TPSA) is 115 Å². The smallest absolute Gasteiger partial charge is 0.261 e. The SMILES string of the molecule is O=C([O-])c1cc(S(=O)(=O)Nc2ccccc2C(=O)Nc2ccccc2)ccc1F. The van der Waals surface area contributed by atoms with E-state index in [1.165, 1.54) is 18.2 Å². The summed E-state index contributed by atoms with van der Waals surface area (Å²) < 4.78 is 41.0. The highest BCUT2D eigenvalue weighted by Gasteiger charge is 2.20. The van der Waals surface area contributed by atoms with E-state index in [1.807, 2.05) is 0 Å². The van der Waals surface area contributed by atoms with Crippen LogP contribution in [0, 0.1) is 5.82 Å². The molecule has 9 heteroatoms. The Morgan fingerprint density at radius 3 is 2.21 bits per heavy atom. The van der Waals surface area contributed by atoms with E-state index in [-0.39, 0.29) is 11.3 Å². The lowest BCUT2D eigenvalue weighted by atomic mass is 10.1. The number of amides is 1. The van der Waals surface area contributed by atoms with Crippen molar-refractivity contribution in [3.63, 3.8) is 0 Å². The van der Waals surface area contributed by atoms with Crippen LogP contribution in [0.4, 0.5) is 15.8 Å². The maximum absolute atomic E-state index is 13.5. The number of benzene rings is 3. The molecule has 29 heavy (non-hydrogen) atoms. The van der Waals surface area contributed by atoms with Gasteiger partial charge in [-0.2, -0.15) is 0 Å². The van der Waals surface area contributed by atoms with Crippen LogP contribution in [0.25, 0.3) is 0 Å². The molecule has 0 saturated heterocycles. The third-order valence-electron chi connectivity index (χ3n) is 3.92. The summed E-state index contributed by atoms with van der Waals surface area (Å²) >= 11 is 0. The molecular weight excluding hydrogens is 399 g/mol. The summed E-state index contributed by atoms with van der Waals surface area (Å²) in [5, 5.41) is 13.6. The summed E-state index contributed by atoms with van der Waals surface area (Å²) in [6.07, 6.45) is 0. The first-order valence-electron chi connectivity index (χ1n) is 8.27. The quantitative estimate of drug-likeness (QED) is 0.643. The number of para-hydroxylation sites is 2. The second kappa shape index (κ2) is 8.11. The summed E-state index contributed by atoms with van der Waals surface area (Å²) in [6.45, 7) is 0. The number of hydrogen-bond acceptors (Lipinski definition) is 5. The van der Waals surface area contributed by atoms with Crippen LogP contribution in [-0.4, -0.2) is 20.3 Å². The van der Waals surface area contributed by atoms with Crippen LogP contribution in [0.15, 0.2) is 77.7 Å². The molecule has 2 N–H and O–H groups in total. The zero-order valence-corrected chi connectivity index (χ0v) is 15.6. The number of halogens is 1. The fourth-order valence-corrected chi connectivity index (χ4v) is 3.63. The summed E-state index contributed by atoms with van der Waals surface area (Å²) in [4.78, 5) is 23.0. The van der Waals surface area contributed by atoms with E-state index in [1.54, 1.807) is 36.4 Å². The average Bonchev–Trinajstić information content (AvgIpc) is 2.68.